The van der Waals surface area contributed by atoms with Gasteiger partial charge in [-0.2, -0.15) is 0 Å². The SMILES string of the molecule is CC1(CN)CCN(C(=O)c2cccc(CN3CCCC3=O)c2)C1. The Bertz CT molecular complexity index is 616. The van der Waals surface area contributed by atoms with E-state index in [-0.39, 0.29) is 17.2 Å². The molecule has 1 aromatic rings. The summed E-state index contributed by atoms with van der Waals surface area (Å²) in [5, 5.41) is 0. The minimum atomic E-state index is 0.0369. The van der Waals surface area contributed by atoms with E-state index >= 15 is 0 Å². The lowest BCUT2D eigenvalue weighted by molar-refractivity contribution is -0.128. The molecule has 5 nitrogen and oxygen atoms in total. The first-order valence-electron chi connectivity index (χ1n) is 8.37. The Morgan fingerprint density at radius 1 is 1.35 bits per heavy atom. The number of rotatable bonds is 4. The van der Waals surface area contributed by atoms with E-state index in [1.807, 2.05) is 34.1 Å². The highest BCUT2D eigenvalue weighted by atomic mass is 16.2. The smallest absolute Gasteiger partial charge is 0.253 e. The van der Waals surface area contributed by atoms with E-state index in [0.29, 0.717) is 25.1 Å². The second kappa shape index (κ2) is 6.32. The Kier molecular flexibility index (Phi) is 4.39. The van der Waals surface area contributed by atoms with Gasteiger partial charge in [-0.25, -0.2) is 0 Å². The summed E-state index contributed by atoms with van der Waals surface area (Å²) in [6.45, 7) is 5.64. The minimum Gasteiger partial charge on any atom is -0.338 e. The summed E-state index contributed by atoms with van der Waals surface area (Å²) in [4.78, 5) is 28.2. The van der Waals surface area contributed by atoms with E-state index in [9.17, 15) is 9.59 Å². The molecule has 0 radical (unpaired) electrons. The predicted octanol–water partition coefficient (Wildman–Crippen LogP) is 1.62. The topological polar surface area (TPSA) is 66.6 Å². The van der Waals surface area contributed by atoms with Crippen molar-refractivity contribution in [2.75, 3.05) is 26.2 Å². The molecule has 2 N–H and O–H groups in total. The minimum absolute atomic E-state index is 0.0369. The molecule has 0 aliphatic carbocycles. The Morgan fingerprint density at radius 2 is 2.17 bits per heavy atom. The first-order valence-corrected chi connectivity index (χ1v) is 8.37. The van der Waals surface area contributed by atoms with Crippen molar-refractivity contribution in [2.45, 2.75) is 32.7 Å². The highest BCUT2D eigenvalue weighted by Crippen LogP contribution is 2.29. The zero-order valence-corrected chi connectivity index (χ0v) is 13.8. The molecule has 2 fully saturated rings. The maximum atomic E-state index is 12.7. The predicted molar refractivity (Wildman–Crippen MR) is 88.8 cm³/mol. The second-order valence-electron chi connectivity index (χ2n) is 7.11. The summed E-state index contributed by atoms with van der Waals surface area (Å²) >= 11 is 0. The summed E-state index contributed by atoms with van der Waals surface area (Å²) in [5.41, 5.74) is 7.58. The number of carbonyl (C=O) groups excluding carboxylic acids is 2. The van der Waals surface area contributed by atoms with Crippen molar-refractivity contribution in [3.8, 4) is 0 Å². The van der Waals surface area contributed by atoms with Crippen molar-refractivity contribution in [1.29, 1.82) is 0 Å². The lowest BCUT2D eigenvalue weighted by Gasteiger charge is -2.23. The van der Waals surface area contributed by atoms with Crippen LogP contribution in [0.5, 0.6) is 0 Å². The lowest BCUT2D eigenvalue weighted by atomic mass is 9.90. The molecule has 2 heterocycles. The molecule has 0 bridgehead atoms. The second-order valence-corrected chi connectivity index (χ2v) is 7.11. The van der Waals surface area contributed by atoms with Gasteiger partial charge in [-0.15, -0.1) is 0 Å². The number of carbonyl (C=O) groups is 2. The van der Waals surface area contributed by atoms with Gasteiger partial charge in [0.15, 0.2) is 0 Å². The molecule has 1 aromatic carbocycles. The quantitative estimate of drug-likeness (QED) is 0.918. The Labute approximate surface area is 137 Å². The molecule has 1 atom stereocenters. The average Bonchev–Trinajstić information content (AvgIpc) is 3.14. The maximum Gasteiger partial charge on any atom is 0.253 e. The van der Waals surface area contributed by atoms with Crippen molar-refractivity contribution >= 4 is 11.8 Å². The summed E-state index contributed by atoms with van der Waals surface area (Å²) in [6, 6.07) is 7.67. The standard InChI is InChI=1S/C18H25N3O2/c1-18(12-19)7-9-21(13-18)17(23)15-5-2-4-14(10-15)11-20-8-3-6-16(20)22/h2,4-5,10H,3,6-9,11-13,19H2,1H3. The number of amides is 2. The number of benzene rings is 1. The lowest BCUT2D eigenvalue weighted by Crippen LogP contribution is -2.34. The van der Waals surface area contributed by atoms with Gasteiger partial charge >= 0.3 is 0 Å². The van der Waals surface area contributed by atoms with Gasteiger partial charge in [0, 0.05) is 38.2 Å². The third-order valence-corrected chi connectivity index (χ3v) is 5.06. The van der Waals surface area contributed by atoms with Gasteiger partial charge in [-0.3, -0.25) is 9.59 Å². The van der Waals surface area contributed by atoms with Gasteiger partial charge in [0.1, 0.15) is 0 Å². The number of hydrogen-bond acceptors (Lipinski definition) is 3. The fraction of sp³-hybridized carbons (Fsp3) is 0.556. The highest BCUT2D eigenvalue weighted by Gasteiger charge is 2.35. The largest absolute Gasteiger partial charge is 0.338 e. The third kappa shape index (κ3) is 3.39. The monoisotopic (exact) mass is 315 g/mol. The normalized spacial score (nSPS) is 24.5. The zero-order valence-electron chi connectivity index (χ0n) is 13.8. The number of likely N-dealkylation sites (tertiary alicyclic amines) is 2. The molecule has 2 aliphatic rings. The van der Waals surface area contributed by atoms with Crippen LogP contribution in [0.3, 0.4) is 0 Å². The van der Waals surface area contributed by atoms with Crippen LogP contribution in [0.2, 0.25) is 0 Å². The molecule has 124 valence electrons. The van der Waals surface area contributed by atoms with Crippen LogP contribution in [-0.4, -0.2) is 47.8 Å². The van der Waals surface area contributed by atoms with Crippen LogP contribution < -0.4 is 5.73 Å². The molecule has 1 unspecified atom stereocenters. The van der Waals surface area contributed by atoms with Crippen molar-refractivity contribution in [3.63, 3.8) is 0 Å². The van der Waals surface area contributed by atoms with Crippen molar-refractivity contribution in [3.05, 3.63) is 35.4 Å². The Hall–Kier alpha value is -1.88. The first kappa shape index (κ1) is 16.0. The maximum absolute atomic E-state index is 12.7. The molecule has 0 aromatic heterocycles. The van der Waals surface area contributed by atoms with E-state index in [0.717, 1.165) is 38.0 Å². The van der Waals surface area contributed by atoms with E-state index in [1.165, 1.54) is 0 Å². The fourth-order valence-electron chi connectivity index (χ4n) is 3.44. The third-order valence-electron chi connectivity index (χ3n) is 5.06. The van der Waals surface area contributed by atoms with Gasteiger partial charge in [-0.1, -0.05) is 19.1 Å². The molecule has 0 saturated carbocycles. The number of hydrogen-bond donors (Lipinski definition) is 1. The average molecular weight is 315 g/mol. The zero-order chi connectivity index (χ0) is 16.4. The summed E-state index contributed by atoms with van der Waals surface area (Å²) in [7, 11) is 0. The van der Waals surface area contributed by atoms with Gasteiger partial charge in [0.25, 0.3) is 5.91 Å². The molecular weight excluding hydrogens is 290 g/mol. The van der Waals surface area contributed by atoms with Crippen LogP contribution in [-0.2, 0) is 11.3 Å². The molecule has 2 saturated heterocycles. The van der Waals surface area contributed by atoms with Crippen molar-refractivity contribution < 1.29 is 9.59 Å². The van der Waals surface area contributed by atoms with E-state index in [4.69, 9.17) is 5.73 Å². The van der Waals surface area contributed by atoms with Gasteiger partial charge < -0.3 is 15.5 Å². The van der Waals surface area contributed by atoms with Crippen LogP contribution in [0.15, 0.2) is 24.3 Å². The van der Waals surface area contributed by atoms with E-state index in [2.05, 4.69) is 6.92 Å². The van der Waals surface area contributed by atoms with Crippen molar-refractivity contribution in [2.24, 2.45) is 11.1 Å². The fourth-order valence-corrected chi connectivity index (χ4v) is 3.44. The van der Waals surface area contributed by atoms with Crippen LogP contribution in [0.1, 0.15) is 42.1 Å². The summed E-state index contributed by atoms with van der Waals surface area (Å²) in [5.74, 6) is 0.275. The Balaban J connectivity index is 1.70. The highest BCUT2D eigenvalue weighted by molar-refractivity contribution is 5.94. The molecule has 2 amide bonds. The van der Waals surface area contributed by atoms with Gasteiger partial charge in [-0.05, 0) is 42.5 Å². The summed E-state index contributed by atoms with van der Waals surface area (Å²) in [6.07, 6.45) is 2.53. The Morgan fingerprint density at radius 3 is 2.83 bits per heavy atom. The van der Waals surface area contributed by atoms with Crippen LogP contribution >= 0.6 is 0 Å². The number of nitrogens with two attached hydrogens (primary N) is 1. The molecule has 23 heavy (non-hydrogen) atoms. The van der Waals surface area contributed by atoms with Gasteiger partial charge in [0.05, 0.1) is 0 Å². The van der Waals surface area contributed by atoms with Gasteiger partial charge in [0.2, 0.25) is 5.91 Å². The molecule has 0 spiro atoms. The van der Waals surface area contributed by atoms with E-state index in [1.54, 1.807) is 0 Å². The summed E-state index contributed by atoms with van der Waals surface area (Å²) < 4.78 is 0. The van der Waals surface area contributed by atoms with Crippen LogP contribution in [0, 0.1) is 5.41 Å². The molecular formula is C18H25N3O2. The molecule has 2 aliphatic heterocycles. The van der Waals surface area contributed by atoms with Crippen LogP contribution in [0.4, 0.5) is 0 Å². The molecule has 5 heteroatoms. The van der Waals surface area contributed by atoms with E-state index < -0.39 is 0 Å². The van der Waals surface area contributed by atoms with Crippen molar-refractivity contribution in [1.82, 2.24) is 9.80 Å². The molecule has 3 rings (SSSR count). The van der Waals surface area contributed by atoms with Crippen LogP contribution in [0.25, 0.3) is 0 Å². The number of nitrogens with zero attached hydrogens (tertiary/aromatic N) is 2. The first-order chi connectivity index (χ1) is 11.0.